The topological polar surface area (TPSA) is 54.9 Å². The lowest BCUT2D eigenvalue weighted by Crippen LogP contribution is -2.23. The van der Waals surface area contributed by atoms with Gasteiger partial charge >= 0.3 is 6.18 Å². The molecule has 2 aromatic carbocycles. The zero-order valence-corrected chi connectivity index (χ0v) is 16.8. The van der Waals surface area contributed by atoms with Gasteiger partial charge in [-0.15, -0.1) is 0 Å². The van der Waals surface area contributed by atoms with Crippen LogP contribution in [0.3, 0.4) is 0 Å². The van der Waals surface area contributed by atoms with Gasteiger partial charge in [-0.25, -0.2) is 14.4 Å². The number of alkyl halides is 3. The van der Waals surface area contributed by atoms with Gasteiger partial charge in [-0.1, -0.05) is 42.1 Å². The number of aromatic nitrogens is 2. The number of hydrogen-bond acceptors (Lipinski definition) is 4. The van der Waals surface area contributed by atoms with Gasteiger partial charge in [0.25, 0.3) is 0 Å². The largest absolute Gasteiger partial charge is 0.433 e. The lowest BCUT2D eigenvalue weighted by molar-refractivity contribution is -0.141. The van der Waals surface area contributed by atoms with Gasteiger partial charge in [0, 0.05) is 11.3 Å². The third kappa shape index (κ3) is 5.35. The summed E-state index contributed by atoms with van der Waals surface area (Å²) in [6, 6.07) is 13.2. The summed E-state index contributed by atoms with van der Waals surface area (Å²) in [6.45, 7) is 3.17. The third-order valence-corrected chi connectivity index (χ3v) is 5.12. The quantitative estimate of drug-likeness (QED) is 0.316. The molecule has 0 saturated heterocycles. The summed E-state index contributed by atoms with van der Waals surface area (Å²) in [7, 11) is 0. The molecular weight excluding hydrogens is 418 g/mol. The van der Waals surface area contributed by atoms with E-state index in [1.807, 2.05) is 0 Å². The molecule has 0 saturated carbocycles. The summed E-state index contributed by atoms with van der Waals surface area (Å²) in [5.41, 5.74) is 0.487. The van der Waals surface area contributed by atoms with Crippen molar-refractivity contribution in [3.8, 4) is 11.3 Å². The second-order valence-corrected chi connectivity index (χ2v) is 7.80. The number of nitrogens with zero attached hydrogens (tertiary/aromatic N) is 2. The lowest BCUT2D eigenvalue weighted by Gasteiger charge is -2.15. The van der Waals surface area contributed by atoms with Crippen molar-refractivity contribution in [2.45, 2.75) is 30.4 Å². The van der Waals surface area contributed by atoms with E-state index in [0.717, 1.165) is 17.8 Å². The fourth-order valence-corrected chi connectivity index (χ4v) is 3.38. The monoisotopic (exact) mass is 435 g/mol. The van der Waals surface area contributed by atoms with Gasteiger partial charge < -0.3 is 5.32 Å². The van der Waals surface area contributed by atoms with Crippen LogP contribution in [-0.4, -0.2) is 21.1 Å². The van der Waals surface area contributed by atoms with Crippen molar-refractivity contribution >= 4 is 23.4 Å². The SMILES string of the molecule is Cc1cc(F)ccc1NC(=O)[C@H](C)Sc1nc(-c2ccccc2)cc(C(F)(F)F)n1. The van der Waals surface area contributed by atoms with E-state index in [2.05, 4.69) is 15.3 Å². The second kappa shape index (κ2) is 8.83. The standard InChI is InChI=1S/C21H17F4N3OS/c1-12-10-15(22)8-9-16(12)26-19(29)13(2)30-20-27-17(14-6-4-3-5-7-14)11-18(28-20)21(23,24)25/h3-11,13H,1-2H3,(H,26,29)/t13-/m0/s1. The van der Waals surface area contributed by atoms with Gasteiger partial charge in [0.2, 0.25) is 5.91 Å². The number of carbonyl (C=O) groups is 1. The molecule has 0 aliphatic heterocycles. The maximum absolute atomic E-state index is 13.3. The van der Waals surface area contributed by atoms with Crippen molar-refractivity contribution in [3.63, 3.8) is 0 Å². The molecule has 0 aliphatic rings. The van der Waals surface area contributed by atoms with Crippen LogP contribution in [0.15, 0.2) is 59.8 Å². The first-order chi connectivity index (χ1) is 14.1. The minimum atomic E-state index is -4.65. The molecule has 1 N–H and O–H groups in total. The fraction of sp³-hybridized carbons (Fsp3) is 0.190. The Kier molecular flexibility index (Phi) is 6.40. The molecule has 0 fully saturated rings. The van der Waals surface area contributed by atoms with Crippen LogP contribution >= 0.6 is 11.8 Å². The molecule has 0 bridgehead atoms. The molecule has 3 rings (SSSR count). The molecule has 1 atom stereocenters. The van der Waals surface area contributed by atoms with Crippen LogP contribution in [0.1, 0.15) is 18.2 Å². The number of nitrogens with one attached hydrogen (secondary N) is 1. The summed E-state index contributed by atoms with van der Waals surface area (Å²) < 4.78 is 53.2. The molecule has 0 aliphatic carbocycles. The maximum atomic E-state index is 13.3. The smallest absolute Gasteiger partial charge is 0.325 e. The van der Waals surface area contributed by atoms with Gasteiger partial charge in [0.15, 0.2) is 5.16 Å². The minimum absolute atomic E-state index is 0.113. The number of thioether (sulfide) groups is 1. The number of halogens is 4. The van der Waals surface area contributed by atoms with Crippen LogP contribution in [0.5, 0.6) is 0 Å². The number of carbonyl (C=O) groups excluding carboxylic acids is 1. The molecule has 0 radical (unpaired) electrons. The number of rotatable bonds is 5. The molecular formula is C21H17F4N3OS. The van der Waals surface area contributed by atoms with Gasteiger partial charge in [-0.05, 0) is 43.7 Å². The average molecular weight is 435 g/mol. The van der Waals surface area contributed by atoms with Gasteiger partial charge in [0.05, 0.1) is 10.9 Å². The number of amides is 1. The molecule has 0 unspecified atom stereocenters. The molecule has 3 aromatic rings. The van der Waals surface area contributed by atoms with Crippen molar-refractivity contribution in [3.05, 3.63) is 71.7 Å². The van der Waals surface area contributed by atoms with E-state index in [0.29, 0.717) is 16.8 Å². The third-order valence-electron chi connectivity index (χ3n) is 4.16. The highest BCUT2D eigenvalue weighted by Crippen LogP contribution is 2.33. The van der Waals surface area contributed by atoms with Crippen molar-refractivity contribution < 1.29 is 22.4 Å². The molecule has 9 heteroatoms. The molecule has 4 nitrogen and oxygen atoms in total. The number of benzene rings is 2. The van der Waals surface area contributed by atoms with Crippen LogP contribution < -0.4 is 5.32 Å². The highest BCUT2D eigenvalue weighted by molar-refractivity contribution is 8.00. The lowest BCUT2D eigenvalue weighted by atomic mass is 10.1. The first-order valence-electron chi connectivity index (χ1n) is 8.89. The Morgan fingerprint density at radius 1 is 1.07 bits per heavy atom. The fourth-order valence-electron chi connectivity index (χ4n) is 2.59. The van der Waals surface area contributed by atoms with E-state index >= 15 is 0 Å². The predicted molar refractivity (Wildman–Crippen MR) is 108 cm³/mol. The summed E-state index contributed by atoms with van der Waals surface area (Å²) >= 11 is 0.811. The first-order valence-corrected chi connectivity index (χ1v) is 9.77. The number of aryl methyl sites for hydroxylation is 1. The Hall–Kier alpha value is -2.94. The normalized spacial score (nSPS) is 12.5. The van der Waals surface area contributed by atoms with Crippen LogP contribution in [0.25, 0.3) is 11.3 Å². The zero-order chi connectivity index (χ0) is 21.9. The van der Waals surface area contributed by atoms with E-state index in [-0.39, 0.29) is 10.9 Å². The maximum Gasteiger partial charge on any atom is 0.433 e. The molecule has 30 heavy (non-hydrogen) atoms. The summed E-state index contributed by atoms with van der Waals surface area (Å²) in [5.74, 6) is -0.893. The zero-order valence-electron chi connectivity index (χ0n) is 16.0. The molecule has 0 spiro atoms. The van der Waals surface area contributed by atoms with Crippen molar-refractivity contribution in [1.29, 1.82) is 0 Å². The number of anilines is 1. The number of hydrogen-bond donors (Lipinski definition) is 1. The van der Waals surface area contributed by atoms with E-state index in [1.54, 1.807) is 37.3 Å². The Bertz CT molecular complexity index is 1060. The van der Waals surface area contributed by atoms with Gasteiger partial charge in [-0.3, -0.25) is 4.79 Å². The van der Waals surface area contributed by atoms with Crippen molar-refractivity contribution in [1.82, 2.24) is 9.97 Å². The summed E-state index contributed by atoms with van der Waals surface area (Å²) in [5, 5.41) is 1.69. The Morgan fingerprint density at radius 2 is 1.77 bits per heavy atom. The van der Waals surface area contributed by atoms with Crippen LogP contribution in [-0.2, 0) is 11.0 Å². The summed E-state index contributed by atoms with van der Waals surface area (Å²) in [4.78, 5) is 20.3. The molecule has 1 heterocycles. The molecule has 156 valence electrons. The van der Waals surface area contributed by atoms with Crippen LogP contribution in [0, 0.1) is 12.7 Å². The van der Waals surface area contributed by atoms with E-state index < -0.39 is 28.8 Å². The van der Waals surface area contributed by atoms with Crippen molar-refractivity contribution in [2.75, 3.05) is 5.32 Å². The van der Waals surface area contributed by atoms with E-state index in [4.69, 9.17) is 0 Å². The highest BCUT2D eigenvalue weighted by atomic mass is 32.2. The Labute approximate surface area is 174 Å². The Balaban J connectivity index is 1.84. The van der Waals surface area contributed by atoms with Gasteiger partial charge in [0.1, 0.15) is 11.5 Å². The Morgan fingerprint density at radius 3 is 2.40 bits per heavy atom. The molecule has 1 amide bonds. The second-order valence-electron chi connectivity index (χ2n) is 6.49. The van der Waals surface area contributed by atoms with Crippen LogP contribution in [0.4, 0.5) is 23.2 Å². The van der Waals surface area contributed by atoms with Crippen molar-refractivity contribution in [2.24, 2.45) is 0 Å². The minimum Gasteiger partial charge on any atom is -0.325 e. The average Bonchev–Trinajstić information content (AvgIpc) is 2.69. The first kappa shape index (κ1) is 21.8. The van der Waals surface area contributed by atoms with E-state index in [9.17, 15) is 22.4 Å². The highest BCUT2D eigenvalue weighted by Gasteiger charge is 2.34. The van der Waals surface area contributed by atoms with E-state index in [1.165, 1.54) is 25.1 Å². The molecule has 1 aromatic heterocycles. The summed E-state index contributed by atoms with van der Waals surface area (Å²) in [6.07, 6.45) is -4.65. The van der Waals surface area contributed by atoms with Gasteiger partial charge in [-0.2, -0.15) is 13.2 Å². The van der Waals surface area contributed by atoms with Crippen LogP contribution in [0.2, 0.25) is 0 Å². The predicted octanol–water partition coefficient (Wildman–Crippen LogP) is 5.73.